The Bertz CT molecular complexity index is 337. The van der Waals surface area contributed by atoms with Crippen LogP contribution in [0.15, 0.2) is 24.3 Å². The highest BCUT2D eigenvalue weighted by atomic mass is 16.3. The standard InChI is InChI=1S/C13H19NO/c1-10-9-14(2)7-6-13(10)11-4-3-5-12(15)8-11/h3-5,8,10,13,15H,6-7,9H2,1-2H3. The molecule has 1 heterocycles. The molecular weight excluding hydrogens is 186 g/mol. The third-order valence-electron chi connectivity index (χ3n) is 3.41. The van der Waals surface area contributed by atoms with Gasteiger partial charge >= 0.3 is 0 Å². The molecular formula is C13H19NO. The maximum Gasteiger partial charge on any atom is 0.115 e. The number of hydrogen-bond acceptors (Lipinski definition) is 2. The van der Waals surface area contributed by atoms with Gasteiger partial charge in [0.25, 0.3) is 0 Å². The van der Waals surface area contributed by atoms with Gasteiger partial charge in [-0.1, -0.05) is 19.1 Å². The Kier molecular flexibility index (Phi) is 2.96. The highest BCUT2D eigenvalue weighted by Crippen LogP contribution is 2.33. The molecule has 0 saturated carbocycles. The summed E-state index contributed by atoms with van der Waals surface area (Å²) in [4.78, 5) is 2.38. The predicted octanol–water partition coefficient (Wildman–Crippen LogP) is 2.45. The lowest BCUT2D eigenvalue weighted by Gasteiger charge is -2.35. The molecule has 2 atom stereocenters. The number of hydrogen-bond donors (Lipinski definition) is 1. The van der Waals surface area contributed by atoms with Crippen LogP contribution >= 0.6 is 0 Å². The summed E-state index contributed by atoms with van der Waals surface area (Å²) in [6.45, 7) is 4.61. The number of likely N-dealkylation sites (tertiary alicyclic amines) is 1. The Hall–Kier alpha value is -1.02. The normalized spacial score (nSPS) is 27.9. The molecule has 82 valence electrons. The third-order valence-corrected chi connectivity index (χ3v) is 3.41. The highest BCUT2D eigenvalue weighted by Gasteiger charge is 2.25. The van der Waals surface area contributed by atoms with E-state index in [0.717, 1.165) is 13.1 Å². The number of aromatic hydroxyl groups is 1. The minimum atomic E-state index is 0.388. The zero-order valence-electron chi connectivity index (χ0n) is 9.48. The van der Waals surface area contributed by atoms with E-state index in [-0.39, 0.29) is 0 Å². The molecule has 0 amide bonds. The van der Waals surface area contributed by atoms with Crippen molar-refractivity contribution in [3.8, 4) is 5.75 Å². The van der Waals surface area contributed by atoms with E-state index in [1.165, 1.54) is 12.0 Å². The molecule has 2 nitrogen and oxygen atoms in total. The molecule has 1 aromatic carbocycles. The molecule has 0 aromatic heterocycles. The minimum absolute atomic E-state index is 0.388. The molecule has 0 bridgehead atoms. The molecule has 15 heavy (non-hydrogen) atoms. The number of piperidine rings is 1. The van der Waals surface area contributed by atoms with Crippen LogP contribution in [0, 0.1) is 5.92 Å². The van der Waals surface area contributed by atoms with Gasteiger partial charge in [-0.05, 0) is 49.5 Å². The predicted molar refractivity (Wildman–Crippen MR) is 62.1 cm³/mol. The Morgan fingerprint density at radius 2 is 2.20 bits per heavy atom. The first-order chi connectivity index (χ1) is 7.16. The molecule has 1 N–H and O–H groups in total. The van der Waals surface area contributed by atoms with Crippen LogP contribution in [0.3, 0.4) is 0 Å². The SMILES string of the molecule is CC1CN(C)CCC1c1cccc(O)c1. The van der Waals surface area contributed by atoms with Gasteiger partial charge in [-0.3, -0.25) is 0 Å². The van der Waals surface area contributed by atoms with E-state index in [1.807, 2.05) is 12.1 Å². The summed E-state index contributed by atoms with van der Waals surface area (Å²) in [5.74, 6) is 1.66. The van der Waals surface area contributed by atoms with E-state index >= 15 is 0 Å². The molecule has 1 saturated heterocycles. The first-order valence-electron chi connectivity index (χ1n) is 5.64. The van der Waals surface area contributed by atoms with Crippen molar-refractivity contribution in [2.24, 2.45) is 5.92 Å². The van der Waals surface area contributed by atoms with E-state index in [2.05, 4.69) is 24.9 Å². The number of phenolic OH excluding ortho intramolecular Hbond substituents is 1. The zero-order valence-corrected chi connectivity index (χ0v) is 9.48. The average molecular weight is 205 g/mol. The van der Waals surface area contributed by atoms with Crippen molar-refractivity contribution in [2.75, 3.05) is 20.1 Å². The maximum atomic E-state index is 9.47. The van der Waals surface area contributed by atoms with Gasteiger partial charge in [0.15, 0.2) is 0 Å². The van der Waals surface area contributed by atoms with Crippen LogP contribution in [-0.4, -0.2) is 30.1 Å². The van der Waals surface area contributed by atoms with E-state index in [1.54, 1.807) is 6.07 Å². The van der Waals surface area contributed by atoms with Gasteiger partial charge in [-0.25, -0.2) is 0 Å². The summed E-state index contributed by atoms with van der Waals surface area (Å²) in [5.41, 5.74) is 1.29. The summed E-state index contributed by atoms with van der Waals surface area (Å²) >= 11 is 0. The Balaban J connectivity index is 2.17. The fraction of sp³-hybridized carbons (Fsp3) is 0.538. The van der Waals surface area contributed by atoms with E-state index in [9.17, 15) is 5.11 Å². The lowest BCUT2D eigenvalue weighted by atomic mass is 9.82. The zero-order chi connectivity index (χ0) is 10.8. The molecule has 0 radical (unpaired) electrons. The molecule has 2 rings (SSSR count). The summed E-state index contributed by atoms with van der Waals surface area (Å²) < 4.78 is 0. The van der Waals surface area contributed by atoms with Crippen molar-refractivity contribution < 1.29 is 5.11 Å². The van der Waals surface area contributed by atoms with E-state index in [4.69, 9.17) is 0 Å². The van der Waals surface area contributed by atoms with Gasteiger partial charge in [-0.15, -0.1) is 0 Å². The molecule has 1 fully saturated rings. The summed E-state index contributed by atoms with van der Waals surface area (Å²) in [7, 11) is 2.18. The average Bonchev–Trinajstić information content (AvgIpc) is 2.17. The molecule has 1 aromatic rings. The van der Waals surface area contributed by atoms with Gasteiger partial charge in [-0.2, -0.15) is 0 Å². The van der Waals surface area contributed by atoms with Crippen molar-refractivity contribution in [3.05, 3.63) is 29.8 Å². The van der Waals surface area contributed by atoms with Crippen LogP contribution in [0.1, 0.15) is 24.8 Å². The summed E-state index contributed by atoms with van der Waals surface area (Å²) in [6, 6.07) is 7.72. The van der Waals surface area contributed by atoms with Crippen LogP contribution in [0.4, 0.5) is 0 Å². The third kappa shape index (κ3) is 2.32. The van der Waals surface area contributed by atoms with E-state index < -0.39 is 0 Å². The first kappa shape index (κ1) is 10.5. The van der Waals surface area contributed by atoms with Crippen LogP contribution in [-0.2, 0) is 0 Å². The molecule has 2 heteroatoms. The van der Waals surface area contributed by atoms with Gasteiger partial charge in [0.1, 0.15) is 5.75 Å². The van der Waals surface area contributed by atoms with Crippen LogP contribution in [0.2, 0.25) is 0 Å². The molecule has 1 aliphatic heterocycles. The van der Waals surface area contributed by atoms with Gasteiger partial charge in [0.05, 0.1) is 0 Å². The second-order valence-electron chi connectivity index (χ2n) is 4.73. The maximum absolute atomic E-state index is 9.47. The summed E-state index contributed by atoms with van der Waals surface area (Å²) in [5, 5.41) is 9.47. The molecule has 2 unspecified atom stereocenters. The lowest BCUT2D eigenvalue weighted by Crippen LogP contribution is -2.35. The smallest absolute Gasteiger partial charge is 0.115 e. The van der Waals surface area contributed by atoms with Crippen LogP contribution < -0.4 is 0 Å². The minimum Gasteiger partial charge on any atom is -0.508 e. The largest absolute Gasteiger partial charge is 0.508 e. The molecule has 0 spiro atoms. The highest BCUT2D eigenvalue weighted by molar-refractivity contribution is 5.30. The van der Waals surface area contributed by atoms with Crippen LogP contribution in [0.25, 0.3) is 0 Å². The van der Waals surface area contributed by atoms with E-state index in [0.29, 0.717) is 17.6 Å². The van der Waals surface area contributed by atoms with Crippen molar-refractivity contribution in [3.63, 3.8) is 0 Å². The van der Waals surface area contributed by atoms with Crippen molar-refractivity contribution in [1.29, 1.82) is 0 Å². The quantitative estimate of drug-likeness (QED) is 0.761. The van der Waals surface area contributed by atoms with Crippen molar-refractivity contribution >= 4 is 0 Å². The van der Waals surface area contributed by atoms with Gasteiger partial charge in [0.2, 0.25) is 0 Å². The number of phenols is 1. The lowest BCUT2D eigenvalue weighted by molar-refractivity contribution is 0.195. The fourth-order valence-corrected chi connectivity index (χ4v) is 2.60. The first-order valence-corrected chi connectivity index (χ1v) is 5.64. The number of nitrogens with zero attached hydrogens (tertiary/aromatic N) is 1. The second kappa shape index (κ2) is 4.23. The van der Waals surface area contributed by atoms with Gasteiger partial charge in [0, 0.05) is 6.54 Å². The summed E-state index contributed by atoms with van der Waals surface area (Å²) in [6.07, 6.45) is 1.20. The number of rotatable bonds is 1. The molecule has 0 aliphatic carbocycles. The monoisotopic (exact) mass is 205 g/mol. The van der Waals surface area contributed by atoms with Crippen molar-refractivity contribution in [1.82, 2.24) is 4.90 Å². The van der Waals surface area contributed by atoms with Crippen molar-refractivity contribution in [2.45, 2.75) is 19.3 Å². The van der Waals surface area contributed by atoms with Crippen LogP contribution in [0.5, 0.6) is 5.75 Å². The second-order valence-corrected chi connectivity index (χ2v) is 4.73. The Morgan fingerprint density at radius 1 is 1.40 bits per heavy atom. The Morgan fingerprint density at radius 3 is 2.87 bits per heavy atom. The topological polar surface area (TPSA) is 23.5 Å². The number of benzene rings is 1. The van der Waals surface area contributed by atoms with Gasteiger partial charge < -0.3 is 10.0 Å². The Labute approximate surface area is 91.5 Å². The fourth-order valence-electron chi connectivity index (χ4n) is 2.60. The molecule has 1 aliphatic rings.